The second kappa shape index (κ2) is 12.8. The molecule has 2 heterocycles. The highest BCUT2D eigenvalue weighted by Crippen LogP contribution is 2.40. The largest absolute Gasteiger partial charge is 0.418 e. The third-order valence-electron chi connectivity index (χ3n) is 6.48. The number of carbonyl (C=O) groups excluding carboxylic acids is 1. The summed E-state index contributed by atoms with van der Waals surface area (Å²) in [5.41, 5.74) is 5.33. The number of anilines is 1. The van der Waals surface area contributed by atoms with Gasteiger partial charge in [0.25, 0.3) is 0 Å². The molecule has 8 nitrogen and oxygen atoms in total. The summed E-state index contributed by atoms with van der Waals surface area (Å²) in [6.45, 7) is 1.82. The molecule has 45 heavy (non-hydrogen) atoms. The minimum absolute atomic E-state index is 0.0209. The number of thiocarbonyl (C=S) groups is 1. The number of rotatable bonds is 6. The molecule has 4 aromatic rings. The number of amides is 1. The van der Waals surface area contributed by atoms with Gasteiger partial charge in [-0.1, -0.05) is 47.6 Å². The van der Waals surface area contributed by atoms with E-state index < -0.39 is 35.1 Å². The van der Waals surface area contributed by atoms with Crippen LogP contribution in [0.3, 0.4) is 0 Å². The highest BCUT2D eigenvalue weighted by Gasteiger charge is 2.40. The zero-order valence-corrected chi connectivity index (χ0v) is 25.2. The molecule has 1 saturated heterocycles. The molecule has 5 rings (SSSR count). The van der Waals surface area contributed by atoms with E-state index >= 15 is 0 Å². The lowest BCUT2D eigenvalue weighted by atomic mass is 10.1. The SMILES string of the molecule is CC(NNC(=S)N=C1SCC(=O)N1c1cc(Cl)ccc1C(F)(F)F)c1ccc(-c2ncn(-c3ccc(C(F)(F)F)cc3)n2)cc1. The van der Waals surface area contributed by atoms with Crippen LogP contribution >= 0.6 is 35.6 Å². The zero-order valence-electron chi connectivity index (χ0n) is 22.8. The summed E-state index contributed by atoms with van der Waals surface area (Å²) in [5.74, 6) is -0.369. The molecule has 17 heteroatoms. The van der Waals surface area contributed by atoms with E-state index in [2.05, 4.69) is 25.9 Å². The normalized spacial score (nSPS) is 15.5. The Bertz CT molecular complexity index is 1760. The molecule has 0 bridgehead atoms. The average Bonchev–Trinajstić information content (AvgIpc) is 3.62. The molecule has 3 aromatic carbocycles. The molecule has 0 radical (unpaired) electrons. The van der Waals surface area contributed by atoms with E-state index in [1.54, 1.807) is 24.3 Å². The smallest absolute Gasteiger partial charge is 0.296 e. The van der Waals surface area contributed by atoms with E-state index in [9.17, 15) is 31.1 Å². The van der Waals surface area contributed by atoms with Crippen LogP contribution in [0.25, 0.3) is 17.1 Å². The van der Waals surface area contributed by atoms with Crippen LogP contribution in [0.15, 0.2) is 78.0 Å². The van der Waals surface area contributed by atoms with Crippen LogP contribution in [-0.4, -0.2) is 36.7 Å². The molecule has 1 unspecified atom stereocenters. The van der Waals surface area contributed by atoms with Gasteiger partial charge in [-0.2, -0.15) is 31.3 Å². The second-order valence-corrected chi connectivity index (χ2v) is 11.3. The summed E-state index contributed by atoms with van der Waals surface area (Å²) in [6.07, 6.45) is -7.77. The average molecular weight is 684 g/mol. The molecule has 2 N–H and O–H groups in total. The van der Waals surface area contributed by atoms with Gasteiger partial charge >= 0.3 is 12.4 Å². The number of thioether (sulfide) groups is 1. The summed E-state index contributed by atoms with van der Waals surface area (Å²) in [7, 11) is 0. The Hall–Kier alpha value is -3.99. The number of benzene rings is 3. The monoisotopic (exact) mass is 683 g/mol. The molecule has 1 fully saturated rings. The predicted molar refractivity (Wildman–Crippen MR) is 163 cm³/mol. The number of hydrazine groups is 1. The van der Waals surface area contributed by atoms with Gasteiger partial charge in [0.2, 0.25) is 11.0 Å². The first-order valence-corrected chi connectivity index (χ1v) is 14.6. The molecule has 1 amide bonds. The highest BCUT2D eigenvalue weighted by atomic mass is 35.5. The maximum Gasteiger partial charge on any atom is 0.418 e. The Balaban J connectivity index is 1.23. The summed E-state index contributed by atoms with van der Waals surface area (Å²) in [5, 5.41) is 4.22. The van der Waals surface area contributed by atoms with Gasteiger partial charge in [-0.05, 0) is 67.2 Å². The fraction of sp³-hybridized carbons (Fsp3) is 0.179. The van der Waals surface area contributed by atoms with Crippen LogP contribution in [0.4, 0.5) is 32.0 Å². The Morgan fingerprint density at radius 2 is 1.71 bits per heavy atom. The fourth-order valence-electron chi connectivity index (χ4n) is 4.22. The maximum atomic E-state index is 13.6. The van der Waals surface area contributed by atoms with Crippen LogP contribution < -0.4 is 15.8 Å². The lowest BCUT2D eigenvalue weighted by Gasteiger charge is -2.21. The molecule has 1 atom stereocenters. The van der Waals surface area contributed by atoms with Crippen LogP contribution in [-0.2, 0) is 17.1 Å². The third-order valence-corrected chi connectivity index (χ3v) is 7.84. The minimum atomic E-state index is -4.73. The number of hydrogen-bond acceptors (Lipinski definition) is 6. The summed E-state index contributed by atoms with van der Waals surface area (Å²) < 4.78 is 80.8. The number of hydrogen-bond donors (Lipinski definition) is 2. The number of alkyl halides is 6. The Kier molecular flexibility index (Phi) is 9.21. The van der Waals surface area contributed by atoms with Crippen molar-refractivity contribution in [2.75, 3.05) is 10.7 Å². The number of halogens is 7. The quantitative estimate of drug-likeness (QED) is 0.126. The number of nitrogens with one attached hydrogen (secondary N) is 2. The van der Waals surface area contributed by atoms with Gasteiger partial charge < -0.3 is 0 Å². The second-order valence-electron chi connectivity index (χ2n) is 9.55. The van der Waals surface area contributed by atoms with Crippen molar-refractivity contribution < 1.29 is 31.1 Å². The molecule has 1 aromatic heterocycles. The van der Waals surface area contributed by atoms with Crippen LogP contribution in [0.1, 0.15) is 29.7 Å². The van der Waals surface area contributed by atoms with Gasteiger partial charge in [-0.3, -0.25) is 15.1 Å². The van der Waals surface area contributed by atoms with Crippen molar-refractivity contribution in [3.05, 3.63) is 94.8 Å². The van der Waals surface area contributed by atoms with Crippen LogP contribution in [0.2, 0.25) is 5.02 Å². The first-order valence-electron chi connectivity index (χ1n) is 12.9. The van der Waals surface area contributed by atoms with Crippen molar-refractivity contribution in [2.24, 2.45) is 4.99 Å². The van der Waals surface area contributed by atoms with E-state index in [-0.39, 0.29) is 27.1 Å². The first-order chi connectivity index (χ1) is 21.2. The van der Waals surface area contributed by atoms with E-state index in [1.165, 1.54) is 23.1 Å². The van der Waals surface area contributed by atoms with Crippen molar-refractivity contribution in [2.45, 2.75) is 25.3 Å². The molecule has 0 spiro atoms. The van der Waals surface area contributed by atoms with Gasteiger partial charge in [-0.25, -0.2) is 15.1 Å². The number of nitrogens with zero attached hydrogens (tertiary/aromatic N) is 5. The minimum Gasteiger partial charge on any atom is -0.296 e. The molecule has 0 aliphatic carbocycles. The van der Waals surface area contributed by atoms with E-state index in [0.29, 0.717) is 17.1 Å². The van der Waals surface area contributed by atoms with Crippen molar-refractivity contribution in [1.82, 2.24) is 25.6 Å². The van der Waals surface area contributed by atoms with E-state index in [0.717, 1.165) is 52.6 Å². The number of amidine groups is 1. The van der Waals surface area contributed by atoms with Crippen molar-refractivity contribution in [1.29, 1.82) is 0 Å². The lowest BCUT2D eigenvalue weighted by Crippen LogP contribution is -2.39. The fourth-order valence-corrected chi connectivity index (χ4v) is 5.46. The third kappa shape index (κ3) is 7.46. The van der Waals surface area contributed by atoms with Gasteiger partial charge in [0.15, 0.2) is 11.0 Å². The van der Waals surface area contributed by atoms with Gasteiger partial charge in [-0.15, -0.1) is 5.10 Å². The van der Waals surface area contributed by atoms with Crippen molar-refractivity contribution >= 4 is 57.5 Å². The van der Waals surface area contributed by atoms with E-state index in [4.69, 9.17) is 23.8 Å². The van der Waals surface area contributed by atoms with Crippen LogP contribution in [0.5, 0.6) is 0 Å². The standard InChI is InChI=1S/C28H20ClF6N7OS2/c1-15(16-2-4-17(5-3-16)24-36-14-41(40-24)20-9-6-18(7-10-20)27(30,31)32)38-39-25(44)37-26-42(23(43)13-45-26)22-12-19(29)8-11-21(22)28(33,34)35/h2-12,14-15,38H,13H2,1H3,(H,39,44). The number of carbonyl (C=O) groups is 1. The molecule has 1 aliphatic heterocycles. The lowest BCUT2D eigenvalue weighted by molar-refractivity contribution is -0.138. The molecular formula is C28H20ClF6N7OS2. The summed E-state index contributed by atoms with van der Waals surface area (Å²) >= 11 is 12.1. The van der Waals surface area contributed by atoms with Gasteiger partial charge in [0.05, 0.1) is 28.3 Å². The predicted octanol–water partition coefficient (Wildman–Crippen LogP) is 7.20. The Morgan fingerprint density at radius 1 is 1.02 bits per heavy atom. The zero-order chi connectivity index (χ0) is 32.5. The van der Waals surface area contributed by atoms with Gasteiger partial charge in [0, 0.05) is 16.6 Å². The summed E-state index contributed by atoms with van der Waals surface area (Å²) in [4.78, 5) is 21.8. The van der Waals surface area contributed by atoms with Crippen molar-refractivity contribution in [3.63, 3.8) is 0 Å². The molecule has 1 aliphatic rings. The Labute approximate surface area is 266 Å². The molecule has 234 valence electrons. The number of aromatic nitrogens is 3. The highest BCUT2D eigenvalue weighted by molar-refractivity contribution is 8.15. The molecular weight excluding hydrogens is 664 g/mol. The topological polar surface area (TPSA) is 87.4 Å². The molecule has 0 saturated carbocycles. The van der Waals surface area contributed by atoms with Gasteiger partial charge in [0.1, 0.15) is 6.33 Å². The van der Waals surface area contributed by atoms with Crippen molar-refractivity contribution in [3.8, 4) is 17.1 Å². The number of aliphatic imine (C=N–C) groups is 1. The Morgan fingerprint density at radius 3 is 2.36 bits per heavy atom. The maximum absolute atomic E-state index is 13.6. The van der Waals surface area contributed by atoms with E-state index in [1.807, 2.05) is 6.92 Å². The van der Waals surface area contributed by atoms with Crippen LogP contribution in [0, 0.1) is 0 Å². The summed E-state index contributed by atoms with van der Waals surface area (Å²) in [6, 6.07) is 14.3. The first kappa shape index (κ1) is 32.4.